The second kappa shape index (κ2) is 5.82. The highest BCUT2D eigenvalue weighted by atomic mass is 16.5. The van der Waals surface area contributed by atoms with E-state index in [9.17, 15) is 0 Å². The Hall–Kier alpha value is -1.94. The SMILES string of the molecule is CNc1nc(Cc2cc(C)cc(C)c2)nc2c1COCC2. The molecule has 1 aliphatic heterocycles. The van der Waals surface area contributed by atoms with Gasteiger partial charge in [0.2, 0.25) is 0 Å². The Morgan fingerprint density at radius 2 is 1.90 bits per heavy atom. The van der Waals surface area contributed by atoms with Crippen LogP contribution in [0.5, 0.6) is 0 Å². The monoisotopic (exact) mass is 283 g/mol. The van der Waals surface area contributed by atoms with Crippen molar-refractivity contribution in [3.05, 3.63) is 52.0 Å². The first-order valence-corrected chi connectivity index (χ1v) is 7.37. The molecular weight excluding hydrogens is 262 g/mol. The zero-order chi connectivity index (χ0) is 14.8. The van der Waals surface area contributed by atoms with Crippen LogP contribution in [-0.2, 0) is 24.2 Å². The molecule has 1 N–H and O–H groups in total. The number of ether oxygens (including phenoxy) is 1. The van der Waals surface area contributed by atoms with Crippen LogP contribution in [0.25, 0.3) is 0 Å². The van der Waals surface area contributed by atoms with Crippen molar-refractivity contribution < 1.29 is 4.74 Å². The molecule has 2 aromatic rings. The van der Waals surface area contributed by atoms with Crippen LogP contribution in [0.1, 0.15) is 33.8 Å². The summed E-state index contributed by atoms with van der Waals surface area (Å²) in [4.78, 5) is 9.40. The van der Waals surface area contributed by atoms with Crippen LogP contribution >= 0.6 is 0 Å². The Labute approximate surface area is 125 Å². The maximum Gasteiger partial charge on any atom is 0.135 e. The number of aryl methyl sites for hydroxylation is 2. The molecule has 3 rings (SSSR count). The number of aromatic nitrogens is 2. The average Bonchev–Trinajstić information content (AvgIpc) is 2.45. The highest BCUT2D eigenvalue weighted by Crippen LogP contribution is 2.23. The topological polar surface area (TPSA) is 47.0 Å². The highest BCUT2D eigenvalue weighted by molar-refractivity contribution is 5.47. The van der Waals surface area contributed by atoms with Gasteiger partial charge in [-0.15, -0.1) is 0 Å². The van der Waals surface area contributed by atoms with Crippen LogP contribution in [0, 0.1) is 13.8 Å². The molecule has 0 fully saturated rings. The summed E-state index contributed by atoms with van der Waals surface area (Å²) in [5.41, 5.74) is 6.06. The largest absolute Gasteiger partial charge is 0.376 e. The molecule has 4 heteroatoms. The van der Waals surface area contributed by atoms with Crippen molar-refractivity contribution in [2.45, 2.75) is 33.3 Å². The van der Waals surface area contributed by atoms with Crippen molar-refractivity contribution in [2.75, 3.05) is 19.0 Å². The third-order valence-electron chi connectivity index (χ3n) is 3.75. The normalized spacial score (nSPS) is 13.9. The lowest BCUT2D eigenvalue weighted by Gasteiger charge is -2.19. The quantitative estimate of drug-likeness (QED) is 0.941. The van der Waals surface area contributed by atoms with Crippen molar-refractivity contribution in [1.29, 1.82) is 0 Å². The number of anilines is 1. The first-order chi connectivity index (χ1) is 10.2. The number of nitrogens with one attached hydrogen (secondary N) is 1. The van der Waals surface area contributed by atoms with E-state index in [1.54, 1.807) is 0 Å². The van der Waals surface area contributed by atoms with Gasteiger partial charge in [0.1, 0.15) is 11.6 Å². The Morgan fingerprint density at radius 1 is 1.14 bits per heavy atom. The van der Waals surface area contributed by atoms with E-state index in [2.05, 4.69) is 42.3 Å². The molecule has 2 heterocycles. The minimum Gasteiger partial charge on any atom is -0.376 e. The number of hydrogen-bond donors (Lipinski definition) is 1. The molecule has 0 radical (unpaired) electrons. The summed E-state index contributed by atoms with van der Waals surface area (Å²) in [6.45, 7) is 5.60. The van der Waals surface area contributed by atoms with E-state index in [1.807, 2.05) is 7.05 Å². The van der Waals surface area contributed by atoms with Crippen molar-refractivity contribution in [2.24, 2.45) is 0 Å². The number of rotatable bonds is 3. The third kappa shape index (κ3) is 3.05. The maximum atomic E-state index is 5.51. The van der Waals surface area contributed by atoms with Gasteiger partial charge in [0, 0.05) is 25.5 Å². The predicted molar refractivity (Wildman–Crippen MR) is 83.7 cm³/mol. The average molecular weight is 283 g/mol. The van der Waals surface area contributed by atoms with E-state index in [4.69, 9.17) is 9.72 Å². The zero-order valence-corrected chi connectivity index (χ0v) is 12.9. The van der Waals surface area contributed by atoms with Gasteiger partial charge in [-0.2, -0.15) is 0 Å². The summed E-state index contributed by atoms with van der Waals surface area (Å²) in [6, 6.07) is 6.60. The zero-order valence-electron chi connectivity index (χ0n) is 12.9. The molecule has 1 aromatic carbocycles. The van der Waals surface area contributed by atoms with E-state index in [-0.39, 0.29) is 0 Å². The van der Waals surface area contributed by atoms with Gasteiger partial charge in [-0.05, 0) is 19.4 Å². The molecule has 0 atom stereocenters. The highest BCUT2D eigenvalue weighted by Gasteiger charge is 2.17. The van der Waals surface area contributed by atoms with Gasteiger partial charge < -0.3 is 10.1 Å². The van der Waals surface area contributed by atoms with Crippen molar-refractivity contribution in [3.8, 4) is 0 Å². The summed E-state index contributed by atoms with van der Waals surface area (Å²) in [6.07, 6.45) is 1.64. The maximum absolute atomic E-state index is 5.51. The molecule has 0 amide bonds. The number of nitrogens with zero attached hydrogens (tertiary/aromatic N) is 2. The smallest absolute Gasteiger partial charge is 0.135 e. The molecule has 1 aliphatic rings. The van der Waals surface area contributed by atoms with Crippen LogP contribution in [0.15, 0.2) is 18.2 Å². The predicted octanol–water partition coefficient (Wildman–Crippen LogP) is 2.80. The fourth-order valence-corrected chi connectivity index (χ4v) is 2.92. The van der Waals surface area contributed by atoms with Gasteiger partial charge in [0.15, 0.2) is 0 Å². The molecule has 21 heavy (non-hydrogen) atoms. The second-order valence-corrected chi connectivity index (χ2v) is 5.64. The minimum atomic E-state index is 0.606. The molecular formula is C17H21N3O. The Morgan fingerprint density at radius 3 is 2.62 bits per heavy atom. The number of fused-ring (bicyclic) bond motifs is 1. The van der Waals surface area contributed by atoms with Crippen LogP contribution in [0.3, 0.4) is 0 Å². The van der Waals surface area contributed by atoms with Gasteiger partial charge in [-0.25, -0.2) is 9.97 Å². The van der Waals surface area contributed by atoms with Crippen molar-refractivity contribution in [1.82, 2.24) is 9.97 Å². The van der Waals surface area contributed by atoms with E-state index < -0.39 is 0 Å². The van der Waals surface area contributed by atoms with Gasteiger partial charge >= 0.3 is 0 Å². The molecule has 0 spiro atoms. The van der Waals surface area contributed by atoms with Gasteiger partial charge in [0.05, 0.1) is 18.9 Å². The standard InChI is InChI=1S/C17H21N3O/c1-11-6-12(2)8-13(7-11)9-16-19-15-4-5-21-10-14(15)17(18-3)20-16/h6-8H,4-5,9-10H2,1-3H3,(H,18,19,20). The van der Waals surface area contributed by atoms with Crippen LogP contribution in [0.4, 0.5) is 5.82 Å². The third-order valence-corrected chi connectivity index (χ3v) is 3.75. The van der Waals surface area contributed by atoms with E-state index in [0.717, 1.165) is 42.3 Å². The molecule has 0 bridgehead atoms. The molecule has 110 valence electrons. The van der Waals surface area contributed by atoms with Crippen LogP contribution in [-0.4, -0.2) is 23.6 Å². The van der Waals surface area contributed by atoms with E-state index in [1.165, 1.54) is 16.7 Å². The second-order valence-electron chi connectivity index (χ2n) is 5.64. The Bertz CT molecular complexity index is 630. The lowest BCUT2D eigenvalue weighted by atomic mass is 10.0. The number of benzene rings is 1. The molecule has 0 unspecified atom stereocenters. The summed E-state index contributed by atoms with van der Waals surface area (Å²) in [5.74, 6) is 1.78. The Balaban J connectivity index is 1.95. The fraction of sp³-hybridized carbons (Fsp3) is 0.412. The minimum absolute atomic E-state index is 0.606. The molecule has 1 aromatic heterocycles. The lowest BCUT2D eigenvalue weighted by Crippen LogP contribution is -2.17. The first kappa shape index (κ1) is 14.0. The van der Waals surface area contributed by atoms with Crippen LogP contribution < -0.4 is 5.32 Å². The summed E-state index contributed by atoms with van der Waals surface area (Å²) in [7, 11) is 1.90. The Kier molecular flexibility index (Phi) is 3.88. The van der Waals surface area contributed by atoms with Gasteiger partial charge in [0.25, 0.3) is 0 Å². The van der Waals surface area contributed by atoms with E-state index in [0.29, 0.717) is 6.61 Å². The van der Waals surface area contributed by atoms with E-state index >= 15 is 0 Å². The first-order valence-electron chi connectivity index (χ1n) is 7.37. The number of hydrogen-bond acceptors (Lipinski definition) is 4. The molecule has 0 aliphatic carbocycles. The van der Waals surface area contributed by atoms with Gasteiger partial charge in [-0.3, -0.25) is 0 Å². The van der Waals surface area contributed by atoms with Crippen LogP contribution in [0.2, 0.25) is 0 Å². The molecule has 0 saturated carbocycles. The van der Waals surface area contributed by atoms with Crippen molar-refractivity contribution >= 4 is 5.82 Å². The van der Waals surface area contributed by atoms with Gasteiger partial charge in [-0.1, -0.05) is 29.3 Å². The lowest BCUT2D eigenvalue weighted by molar-refractivity contribution is 0.109. The summed E-state index contributed by atoms with van der Waals surface area (Å²) < 4.78 is 5.51. The summed E-state index contributed by atoms with van der Waals surface area (Å²) in [5, 5.41) is 3.17. The molecule has 4 nitrogen and oxygen atoms in total. The summed E-state index contributed by atoms with van der Waals surface area (Å²) >= 11 is 0. The fourth-order valence-electron chi connectivity index (χ4n) is 2.92. The van der Waals surface area contributed by atoms with Crippen molar-refractivity contribution in [3.63, 3.8) is 0 Å². The molecule has 0 saturated heterocycles.